The maximum absolute atomic E-state index is 11.6. The van der Waals surface area contributed by atoms with Crippen LogP contribution in [0.15, 0.2) is 0 Å². The summed E-state index contributed by atoms with van der Waals surface area (Å²) in [4.78, 5) is 10.5. The third kappa shape index (κ3) is 7.58. The highest BCUT2D eigenvalue weighted by Crippen LogP contribution is 2.21. The van der Waals surface area contributed by atoms with E-state index in [0.29, 0.717) is 0 Å². The smallest absolute Gasteiger partial charge is 0.391 e. The van der Waals surface area contributed by atoms with Crippen molar-refractivity contribution >= 4 is 5.97 Å². The lowest BCUT2D eigenvalue weighted by molar-refractivity contribution is -0.166. The number of rotatable bonds is 4. The predicted molar refractivity (Wildman–Crippen MR) is 37.9 cm³/mol. The van der Waals surface area contributed by atoms with E-state index in [4.69, 9.17) is 5.11 Å². The fraction of sp³-hybridized carbons (Fsp3) is 0.857. The quantitative estimate of drug-likeness (QED) is 0.695. The van der Waals surface area contributed by atoms with Crippen LogP contribution < -0.4 is 0 Å². The largest absolute Gasteiger partial charge is 0.463 e. The molecule has 1 N–H and O–H groups in total. The molecule has 0 amide bonds. The molecule has 0 aliphatic heterocycles. The van der Waals surface area contributed by atoms with E-state index in [-0.39, 0.29) is 6.42 Å². The maximum Gasteiger partial charge on any atom is 0.391 e. The molecule has 0 rings (SSSR count). The Labute approximate surface area is 73.5 Å². The molecule has 0 spiro atoms. The minimum absolute atomic E-state index is 0.0821. The van der Waals surface area contributed by atoms with E-state index in [1.54, 1.807) is 0 Å². The summed E-state index contributed by atoms with van der Waals surface area (Å²) < 4.78 is 39.1. The molecular weight excluding hydrogens is 189 g/mol. The topological polar surface area (TPSA) is 46.5 Å². The number of esters is 1. The van der Waals surface area contributed by atoms with Gasteiger partial charge in [0, 0.05) is 6.42 Å². The Hall–Kier alpha value is -0.780. The van der Waals surface area contributed by atoms with Crippen molar-refractivity contribution < 1.29 is 27.8 Å². The molecule has 6 heteroatoms. The van der Waals surface area contributed by atoms with Crippen LogP contribution in [0.5, 0.6) is 0 Å². The standard InChI is InChI=1S/C7H11F3O3/c1-2-6(12)13-4-5(11)3-7(8,9)10/h5,11H,2-4H2,1H3. The number of hydrogen-bond acceptors (Lipinski definition) is 3. The van der Waals surface area contributed by atoms with Crippen molar-refractivity contribution in [2.24, 2.45) is 0 Å². The first-order chi connectivity index (χ1) is 5.85. The average Bonchev–Trinajstić information content (AvgIpc) is 1.97. The Balaban J connectivity index is 3.63. The Morgan fingerprint density at radius 1 is 1.54 bits per heavy atom. The second-order valence-corrected chi connectivity index (χ2v) is 2.51. The van der Waals surface area contributed by atoms with E-state index in [2.05, 4.69) is 4.74 Å². The number of hydrogen-bond donors (Lipinski definition) is 1. The van der Waals surface area contributed by atoms with Gasteiger partial charge in [0.2, 0.25) is 0 Å². The minimum Gasteiger partial charge on any atom is -0.463 e. The third-order valence-electron chi connectivity index (χ3n) is 1.19. The number of carbonyl (C=O) groups excluding carboxylic acids is 1. The summed E-state index contributed by atoms with van der Waals surface area (Å²) in [6, 6.07) is 0. The molecule has 0 saturated carbocycles. The Morgan fingerprint density at radius 3 is 2.46 bits per heavy atom. The molecule has 0 aliphatic carbocycles. The average molecular weight is 200 g/mol. The first-order valence-electron chi connectivity index (χ1n) is 3.75. The van der Waals surface area contributed by atoms with Crippen molar-refractivity contribution in [2.45, 2.75) is 32.0 Å². The lowest BCUT2D eigenvalue weighted by atomic mass is 10.2. The van der Waals surface area contributed by atoms with Crippen LogP contribution in [0.3, 0.4) is 0 Å². The Morgan fingerprint density at radius 2 is 2.08 bits per heavy atom. The molecule has 13 heavy (non-hydrogen) atoms. The molecule has 3 nitrogen and oxygen atoms in total. The highest BCUT2D eigenvalue weighted by Gasteiger charge is 2.31. The first kappa shape index (κ1) is 12.2. The van der Waals surface area contributed by atoms with Crippen molar-refractivity contribution in [3.05, 3.63) is 0 Å². The normalized spacial score (nSPS) is 13.9. The monoisotopic (exact) mass is 200 g/mol. The summed E-state index contributed by atoms with van der Waals surface area (Å²) in [5.74, 6) is -0.624. The van der Waals surface area contributed by atoms with Gasteiger partial charge in [-0.15, -0.1) is 0 Å². The van der Waals surface area contributed by atoms with E-state index >= 15 is 0 Å². The van der Waals surface area contributed by atoms with Gasteiger partial charge in [0.15, 0.2) is 0 Å². The lowest BCUT2D eigenvalue weighted by Crippen LogP contribution is -2.25. The molecule has 0 aliphatic rings. The molecule has 0 heterocycles. The molecule has 1 atom stereocenters. The minimum atomic E-state index is -4.43. The van der Waals surface area contributed by atoms with Gasteiger partial charge in [-0.1, -0.05) is 6.92 Å². The zero-order valence-electron chi connectivity index (χ0n) is 7.10. The summed E-state index contributed by atoms with van der Waals surface area (Å²) in [5.41, 5.74) is 0. The van der Waals surface area contributed by atoms with Crippen LogP contribution >= 0.6 is 0 Å². The van der Waals surface area contributed by atoms with Crippen LogP contribution in [0, 0.1) is 0 Å². The van der Waals surface area contributed by atoms with Gasteiger partial charge in [-0.25, -0.2) is 0 Å². The number of alkyl halides is 3. The number of aliphatic hydroxyl groups excluding tert-OH is 1. The van der Waals surface area contributed by atoms with Crippen LogP contribution in [0.4, 0.5) is 13.2 Å². The second-order valence-electron chi connectivity index (χ2n) is 2.51. The summed E-state index contributed by atoms with van der Waals surface area (Å²) in [6.45, 7) is 0.907. The zero-order chi connectivity index (χ0) is 10.5. The zero-order valence-corrected chi connectivity index (χ0v) is 7.10. The molecule has 0 aromatic heterocycles. The van der Waals surface area contributed by atoms with Crippen molar-refractivity contribution in [3.8, 4) is 0 Å². The van der Waals surface area contributed by atoms with E-state index in [1.807, 2.05) is 0 Å². The highest BCUT2D eigenvalue weighted by molar-refractivity contribution is 5.68. The molecule has 0 fully saturated rings. The summed E-state index contributed by atoms with van der Waals surface area (Å²) in [5, 5.41) is 8.73. The Bertz CT molecular complexity index is 167. The second kappa shape index (κ2) is 5.06. The van der Waals surface area contributed by atoms with Crippen LogP contribution in [0.1, 0.15) is 19.8 Å². The van der Waals surface area contributed by atoms with Gasteiger partial charge < -0.3 is 9.84 Å². The predicted octanol–water partition coefficient (Wildman–Crippen LogP) is 1.25. The molecule has 0 radical (unpaired) electrons. The van der Waals surface area contributed by atoms with Gasteiger partial charge >= 0.3 is 12.1 Å². The first-order valence-corrected chi connectivity index (χ1v) is 3.75. The summed E-state index contributed by atoms with van der Waals surface area (Å²) in [7, 11) is 0. The Kier molecular flexibility index (Phi) is 4.76. The lowest BCUT2D eigenvalue weighted by Gasteiger charge is -2.12. The van der Waals surface area contributed by atoms with Gasteiger partial charge in [0.05, 0.1) is 12.5 Å². The van der Waals surface area contributed by atoms with Crippen LogP contribution in [0.2, 0.25) is 0 Å². The highest BCUT2D eigenvalue weighted by atomic mass is 19.4. The van der Waals surface area contributed by atoms with Crippen molar-refractivity contribution in [1.82, 2.24) is 0 Å². The molecule has 0 aromatic rings. The summed E-state index contributed by atoms with van der Waals surface area (Å²) in [6.07, 6.45) is -7.38. The summed E-state index contributed by atoms with van der Waals surface area (Å²) >= 11 is 0. The van der Waals surface area contributed by atoms with Crippen LogP contribution in [-0.4, -0.2) is 30.0 Å². The number of carbonyl (C=O) groups is 1. The number of halogens is 3. The third-order valence-corrected chi connectivity index (χ3v) is 1.19. The van der Waals surface area contributed by atoms with Gasteiger partial charge in [-0.05, 0) is 0 Å². The SMILES string of the molecule is CCC(=O)OCC(O)CC(F)(F)F. The molecule has 1 unspecified atom stereocenters. The van der Waals surface area contributed by atoms with Crippen molar-refractivity contribution in [1.29, 1.82) is 0 Å². The van der Waals surface area contributed by atoms with E-state index in [9.17, 15) is 18.0 Å². The fourth-order valence-electron chi connectivity index (χ4n) is 0.617. The van der Waals surface area contributed by atoms with Gasteiger partial charge in [-0.3, -0.25) is 4.79 Å². The van der Waals surface area contributed by atoms with Crippen molar-refractivity contribution in [3.63, 3.8) is 0 Å². The van der Waals surface area contributed by atoms with Crippen LogP contribution in [-0.2, 0) is 9.53 Å². The molecular formula is C7H11F3O3. The van der Waals surface area contributed by atoms with E-state index in [0.717, 1.165) is 0 Å². The molecule has 0 bridgehead atoms. The van der Waals surface area contributed by atoms with Gasteiger partial charge in [0.25, 0.3) is 0 Å². The number of aliphatic hydroxyl groups is 1. The number of ether oxygens (including phenoxy) is 1. The van der Waals surface area contributed by atoms with Gasteiger partial charge in [-0.2, -0.15) is 13.2 Å². The van der Waals surface area contributed by atoms with E-state index in [1.165, 1.54) is 6.92 Å². The molecule has 78 valence electrons. The van der Waals surface area contributed by atoms with Crippen molar-refractivity contribution in [2.75, 3.05) is 6.61 Å². The van der Waals surface area contributed by atoms with Gasteiger partial charge in [0.1, 0.15) is 6.61 Å². The van der Waals surface area contributed by atoms with E-state index < -0.39 is 31.3 Å². The molecule has 0 aromatic carbocycles. The molecule has 0 saturated heterocycles. The maximum atomic E-state index is 11.6. The van der Waals surface area contributed by atoms with Crippen LogP contribution in [0.25, 0.3) is 0 Å². The fourth-order valence-corrected chi connectivity index (χ4v) is 0.617.